The van der Waals surface area contributed by atoms with E-state index in [2.05, 4.69) is 20.2 Å². The van der Waals surface area contributed by atoms with Gasteiger partial charge in [0.2, 0.25) is 17.6 Å². The lowest BCUT2D eigenvalue weighted by molar-refractivity contribution is -0.124. The first kappa shape index (κ1) is 26.3. The summed E-state index contributed by atoms with van der Waals surface area (Å²) >= 11 is 0. The number of benzene rings is 2. The molecule has 0 spiro atoms. The van der Waals surface area contributed by atoms with Gasteiger partial charge in [0.05, 0.1) is 22.0 Å². The van der Waals surface area contributed by atoms with E-state index in [1.165, 1.54) is 32.0 Å². The second-order valence-electron chi connectivity index (χ2n) is 9.05. The molecule has 0 saturated carbocycles. The number of hydrogen-bond acceptors (Lipinski definition) is 7. The van der Waals surface area contributed by atoms with Gasteiger partial charge in [-0.15, -0.1) is 0 Å². The monoisotopic (exact) mass is 503 g/mol. The highest BCUT2D eigenvalue weighted by Gasteiger charge is 2.27. The fourth-order valence-electron chi connectivity index (χ4n) is 3.00. The first-order valence-electron chi connectivity index (χ1n) is 11.2. The van der Waals surface area contributed by atoms with Gasteiger partial charge in [0.25, 0.3) is 10.0 Å². The number of carbonyl (C=O) groups is 1. The Balaban J connectivity index is 1.74. The van der Waals surface area contributed by atoms with Crippen LogP contribution in [0.1, 0.15) is 46.0 Å². The quantitative estimate of drug-likeness (QED) is 0.369. The van der Waals surface area contributed by atoms with E-state index in [1.807, 2.05) is 13.8 Å². The van der Waals surface area contributed by atoms with E-state index >= 15 is 0 Å². The molecule has 0 aliphatic carbocycles. The lowest BCUT2D eigenvalue weighted by Gasteiger charge is -2.19. The lowest BCUT2D eigenvalue weighted by Crippen LogP contribution is -2.32. The number of sulfonamides is 1. The van der Waals surface area contributed by atoms with Gasteiger partial charge < -0.3 is 15.6 Å². The van der Waals surface area contributed by atoms with Crippen LogP contribution in [0.3, 0.4) is 0 Å². The lowest BCUT2D eigenvalue weighted by atomic mass is 9.94. The molecule has 188 valence electrons. The summed E-state index contributed by atoms with van der Waals surface area (Å²) in [6.45, 7) is 6.16. The maximum absolute atomic E-state index is 13.1. The molecule has 11 heteroatoms. The molecule has 4 N–H and O–H groups in total. The number of rotatable bonds is 10. The zero-order valence-corrected chi connectivity index (χ0v) is 20.9. The van der Waals surface area contributed by atoms with Gasteiger partial charge in [-0.05, 0) is 62.2 Å². The van der Waals surface area contributed by atoms with Gasteiger partial charge >= 0.3 is 0 Å². The topological polar surface area (TPSA) is 140 Å². The molecule has 1 aromatic heterocycles. The van der Waals surface area contributed by atoms with Crippen LogP contribution in [0.4, 0.5) is 15.8 Å². The van der Waals surface area contributed by atoms with Crippen molar-refractivity contribution in [3.05, 3.63) is 54.4 Å². The van der Waals surface area contributed by atoms with Crippen molar-refractivity contribution in [2.45, 2.75) is 45.1 Å². The van der Waals surface area contributed by atoms with Crippen molar-refractivity contribution in [2.75, 3.05) is 16.7 Å². The van der Waals surface area contributed by atoms with Crippen LogP contribution in [0.15, 0.2) is 57.9 Å². The smallest absolute Gasteiger partial charge is 0.261 e. The van der Waals surface area contributed by atoms with Crippen LogP contribution < -0.4 is 15.8 Å². The number of nitrogens with two attached hydrogens (primary N) is 1. The number of alkyl halides is 1. The van der Waals surface area contributed by atoms with Crippen LogP contribution >= 0.6 is 0 Å². The fraction of sp³-hybridized carbons (Fsp3) is 0.375. The highest BCUT2D eigenvalue weighted by Crippen LogP contribution is 2.26. The summed E-state index contributed by atoms with van der Waals surface area (Å²) in [5.41, 5.74) is 6.10. The maximum Gasteiger partial charge on any atom is 0.261 e. The minimum absolute atomic E-state index is 0.0225. The summed E-state index contributed by atoms with van der Waals surface area (Å²) in [6, 6.07) is 11.8. The van der Waals surface area contributed by atoms with Crippen LogP contribution in [-0.2, 0) is 14.8 Å². The normalized spacial score (nSPS) is 13.8. The molecule has 3 rings (SSSR count). The minimum Gasteiger partial charge on any atom is -0.337 e. The van der Waals surface area contributed by atoms with E-state index in [0.717, 1.165) is 6.42 Å². The number of amides is 1. The molecule has 2 atom stereocenters. The molecule has 9 nitrogen and oxygen atoms in total. The van der Waals surface area contributed by atoms with Crippen molar-refractivity contribution in [1.82, 2.24) is 10.1 Å². The molecule has 2 aromatic carbocycles. The molecule has 35 heavy (non-hydrogen) atoms. The van der Waals surface area contributed by atoms with Gasteiger partial charge in [0.1, 0.15) is 6.67 Å². The summed E-state index contributed by atoms with van der Waals surface area (Å²) in [5.74, 6) is 0.305. The third-order valence-corrected chi connectivity index (χ3v) is 7.13. The van der Waals surface area contributed by atoms with Gasteiger partial charge in [-0.2, -0.15) is 4.98 Å². The number of nitrogens with one attached hydrogen (secondary N) is 2. The number of halogens is 1. The molecular formula is C24H30FN5O4S. The molecule has 0 fully saturated rings. The molecule has 0 bridgehead atoms. The zero-order valence-electron chi connectivity index (χ0n) is 20.1. The van der Waals surface area contributed by atoms with E-state index in [-0.39, 0.29) is 22.5 Å². The number of nitrogens with zero attached hydrogens (tertiary/aromatic N) is 2. The van der Waals surface area contributed by atoms with Crippen molar-refractivity contribution in [3.63, 3.8) is 0 Å². The van der Waals surface area contributed by atoms with Crippen LogP contribution in [0.2, 0.25) is 0 Å². The molecule has 0 aliphatic rings. The molecule has 0 saturated heterocycles. The molecule has 3 aromatic rings. The summed E-state index contributed by atoms with van der Waals surface area (Å²) in [7, 11) is -3.92. The summed E-state index contributed by atoms with van der Waals surface area (Å²) in [5, 5.41) is 6.55. The van der Waals surface area contributed by atoms with Gasteiger partial charge in [0, 0.05) is 11.3 Å². The predicted octanol–water partition coefficient (Wildman–Crippen LogP) is 4.52. The number of carbonyl (C=O) groups excluding carboxylic acids is 1. The largest absolute Gasteiger partial charge is 0.337 e. The van der Waals surface area contributed by atoms with Crippen molar-refractivity contribution >= 4 is 27.3 Å². The second kappa shape index (κ2) is 10.5. The van der Waals surface area contributed by atoms with E-state index in [0.29, 0.717) is 23.0 Å². The standard InChI is InChI=1S/C24H30FN5O4S/c1-5-15(2)20(26)22-28-21(29-34-22)16-9-11-19(12-10-16)35(32,33)30-18-8-6-7-17(13-18)27-23(31)24(3,4)14-25/h6-13,15,20,30H,5,14,26H2,1-4H3,(H,27,31). The summed E-state index contributed by atoms with van der Waals surface area (Å²) in [6.07, 6.45) is 0.864. The predicted molar refractivity (Wildman–Crippen MR) is 132 cm³/mol. The Morgan fingerprint density at radius 3 is 2.46 bits per heavy atom. The van der Waals surface area contributed by atoms with Crippen LogP contribution in [0, 0.1) is 11.3 Å². The molecule has 1 amide bonds. The Morgan fingerprint density at radius 2 is 1.83 bits per heavy atom. The Labute approximate surface area is 204 Å². The third kappa shape index (κ3) is 6.23. The van der Waals surface area contributed by atoms with Crippen molar-refractivity contribution in [3.8, 4) is 11.4 Å². The van der Waals surface area contributed by atoms with E-state index in [9.17, 15) is 17.6 Å². The first-order chi connectivity index (χ1) is 16.5. The van der Waals surface area contributed by atoms with Gasteiger partial charge in [0.15, 0.2) is 0 Å². The van der Waals surface area contributed by atoms with E-state index < -0.39 is 28.0 Å². The van der Waals surface area contributed by atoms with E-state index in [1.54, 1.807) is 30.3 Å². The van der Waals surface area contributed by atoms with Crippen LogP contribution in [0.25, 0.3) is 11.4 Å². The average molecular weight is 504 g/mol. The Kier molecular flexibility index (Phi) is 7.91. The van der Waals surface area contributed by atoms with Crippen LogP contribution in [-0.4, -0.2) is 31.1 Å². The molecule has 1 heterocycles. The number of aromatic nitrogens is 2. The van der Waals surface area contributed by atoms with E-state index in [4.69, 9.17) is 10.3 Å². The van der Waals surface area contributed by atoms with Crippen molar-refractivity contribution in [1.29, 1.82) is 0 Å². The molecule has 2 unspecified atom stereocenters. The zero-order chi connectivity index (χ0) is 25.8. The minimum atomic E-state index is -3.92. The Bertz CT molecular complexity index is 1280. The van der Waals surface area contributed by atoms with Crippen LogP contribution in [0.5, 0.6) is 0 Å². The highest BCUT2D eigenvalue weighted by molar-refractivity contribution is 7.92. The van der Waals surface area contributed by atoms with Gasteiger partial charge in [-0.25, -0.2) is 12.8 Å². The SMILES string of the molecule is CCC(C)C(N)c1nc(-c2ccc(S(=O)(=O)Nc3cccc(NC(=O)C(C)(C)CF)c3)cc2)no1. The molecule has 0 radical (unpaired) electrons. The maximum atomic E-state index is 13.1. The summed E-state index contributed by atoms with van der Waals surface area (Å²) in [4.78, 5) is 16.6. The Hall–Kier alpha value is -3.31. The highest BCUT2D eigenvalue weighted by atomic mass is 32.2. The second-order valence-corrected chi connectivity index (χ2v) is 10.7. The van der Waals surface area contributed by atoms with Crippen molar-refractivity contribution < 1.29 is 22.1 Å². The average Bonchev–Trinajstić information content (AvgIpc) is 3.33. The third-order valence-electron chi connectivity index (χ3n) is 5.73. The molecular weight excluding hydrogens is 473 g/mol. The number of hydrogen-bond donors (Lipinski definition) is 3. The fourth-order valence-corrected chi connectivity index (χ4v) is 4.05. The summed E-state index contributed by atoms with van der Waals surface area (Å²) < 4.78 is 46.6. The number of anilines is 2. The van der Waals surface area contributed by atoms with Crippen molar-refractivity contribution in [2.24, 2.45) is 17.1 Å². The molecule has 0 aliphatic heterocycles. The Morgan fingerprint density at radius 1 is 1.17 bits per heavy atom. The van der Waals surface area contributed by atoms with Gasteiger partial charge in [-0.3, -0.25) is 9.52 Å². The van der Waals surface area contributed by atoms with Gasteiger partial charge in [-0.1, -0.05) is 31.5 Å². The first-order valence-corrected chi connectivity index (χ1v) is 12.6.